The summed E-state index contributed by atoms with van der Waals surface area (Å²) in [5.41, 5.74) is 12.7. The fraction of sp³-hybridized carbons (Fsp3) is 0.515. The van der Waals surface area contributed by atoms with E-state index in [0.29, 0.717) is 26.1 Å². The number of carbonyl (C=O) groups excluding carboxylic acids is 4. The third kappa shape index (κ3) is 19.5. The van der Waals surface area contributed by atoms with Crippen molar-refractivity contribution in [2.45, 2.75) is 193 Å². The second-order valence-corrected chi connectivity index (χ2v) is 25.5. The molecule has 5 aliphatic heterocycles. The Morgan fingerprint density at radius 2 is 1.13 bits per heavy atom. The van der Waals surface area contributed by atoms with Crippen LogP contribution >= 0.6 is 12.4 Å². The highest BCUT2D eigenvalue weighted by molar-refractivity contribution is 5.90. The van der Waals surface area contributed by atoms with Gasteiger partial charge in [0.15, 0.2) is 23.8 Å². The minimum Gasteiger partial charge on any atom is -0.454 e. The van der Waals surface area contributed by atoms with E-state index in [9.17, 15) is 24.3 Å². The number of fused-ring (bicyclic) bond motifs is 1. The number of nitrogens with one attached hydrogen (secondary N) is 1. The number of nitrogens with two attached hydrogens (primary N) is 1. The second kappa shape index (κ2) is 30.1. The van der Waals surface area contributed by atoms with Crippen molar-refractivity contribution < 1.29 is 57.4 Å². The minimum absolute atomic E-state index is 0. The van der Waals surface area contributed by atoms with E-state index in [0.717, 1.165) is 60.9 Å². The van der Waals surface area contributed by atoms with Crippen LogP contribution in [0, 0.1) is 17.9 Å². The van der Waals surface area contributed by atoms with E-state index < -0.39 is 72.2 Å². The number of methoxy groups -OCH3 is 1. The predicted molar refractivity (Wildman–Crippen MR) is 331 cm³/mol. The topological polar surface area (TPSA) is 198 Å². The van der Waals surface area contributed by atoms with E-state index in [2.05, 4.69) is 115 Å². The van der Waals surface area contributed by atoms with Crippen molar-refractivity contribution >= 4 is 36.1 Å². The Morgan fingerprint density at radius 3 is 1.62 bits per heavy atom. The van der Waals surface area contributed by atoms with E-state index in [1.807, 2.05) is 96.5 Å². The number of nitrogens with zero attached hydrogens (tertiary/aromatic N) is 2. The summed E-state index contributed by atoms with van der Waals surface area (Å²) in [5, 5.41) is 14.1. The van der Waals surface area contributed by atoms with Gasteiger partial charge in [0.25, 0.3) is 5.91 Å². The summed E-state index contributed by atoms with van der Waals surface area (Å²) in [6, 6.07) is 36.1. The van der Waals surface area contributed by atoms with Crippen molar-refractivity contribution in [3.8, 4) is 22.3 Å². The first-order chi connectivity index (χ1) is 39.7. The zero-order valence-corrected chi connectivity index (χ0v) is 52.4. The molecule has 4 aromatic carbocycles. The predicted octanol–water partition coefficient (Wildman–Crippen LogP) is 10.7. The van der Waals surface area contributed by atoms with Crippen LogP contribution in [-0.2, 0) is 65.4 Å². The fourth-order valence-corrected chi connectivity index (χ4v) is 10.8. The Hall–Kier alpha value is -5.92. The Balaban J connectivity index is 0.000000225. The third-order valence-electron chi connectivity index (χ3n) is 15.1. The molecule has 462 valence electrons. The lowest BCUT2D eigenvalue weighted by Crippen LogP contribution is -2.62. The van der Waals surface area contributed by atoms with Crippen LogP contribution in [-0.4, -0.2) is 131 Å². The van der Waals surface area contributed by atoms with Gasteiger partial charge >= 0.3 is 5.97 Å². The van der Waals surface area contributed by atoms with Crippen LogP contribution in [0.25, 0.3) is 22.3 Å². The molecule has 0 bridgehead atoms. The molecule has 5 heterocycles. The van der Waals surface area contributed by atoms with Gasteiger partial charge in [-0.3, -0.25) is 14.4 Å². The van der Waals surface area contributed by atoms with Gasteiger partial charge in [-0.15, -0.1) is 12.4 Å². The highest BCUT2D eigenvalue weighted by atomic mass is 35.5. The first-order valence-electron chi connectivity index (χ1n) is 29.6. The summed E-state index contributed by atoms with van der Waals surface area (Å²) in [4.78, 5) is 54.9. The number of allylic oxidation sites excluding steroid dienone is 2. The largest absolute Gasteiger partial charge is 0.454 e. The number of hydrogen-bond donors (Lipinski definition) is 3. The third-order valence-corrected chi connectivity index (χ3v) is 15.1. The molecule has 0 radical (unpaired) electrons. The molecule has 5 fully saturated rings. The van der Waals surface area contributed by atoms with Gasteiger partial charge < -0.3 is 54.4 Å². The van der Waals surface area contributed by atoms with Gasteiger partial charge in [-0.05, 0) is 110 Å². The summed E-state index contributed by atoms with van der Waals surface area (Å²) in [6.45, 7) is 22.1. The number of aliphatic hydroxyl groups is 1. The SMILES string of the molecule is CO[C@@H](C(=O)N[C@H]1CCCCN(Cc2ccc(-c3ccccc3)cc2)C1=O)[C@@H]1OC(C)(C)O[C@H](/C=C/C(C)(C)C)[C@@H]1O.Cl.N[C@H]1CCCCN(Cc2ccc(-c3ccccc3)cc2)C1=O.[CH2+]O[C@H]1C(=O)O[C@@H]2[C@H]1OC(C)(C)O[C@@H]2/C=C/C(C)(C)C. The molecule has 0 saturated carbocycles. The zero-order valence-electron chi connectivity index (χ0n) is 51.6. The Bertz CT molecular complexity index is 2840. The molecule has 10 atom stereocenters. The van der Waals surface area contributed by atoms with Crippen LogP contribution in [0.3, 0.4) is 0 Å². The number of ether oxygens (including phenoxy) is 7. The lowest BCUT2D eigenvalue weighted by atomic mass is 9.93. The molecule has 0 aromatic heterocycles. The minimum atomic E-state index is -1.15. The molecule has 16 nitrogen and oxygen atoms in total. The summed E-state index contributed by atoms with van der Waals surface area (Å²) >= 11 is 0. The number of hydrogen-bond acceptors (Lipinski definition) is 13. The van der Waals surface area contributed by atoms with E-state index in [1.54, 1.807) is 13.8 Å². The van der Waals surface area contributed by atoms with E-state index >= 15 is 0 Å². The standard InChI is InChI=1S/C34H46N2O6.C19H22N2O.C15H23O5.ClH/c1-33(2,3)20-19-27-28(37)29(42-34(4,5)41-27)30(40-6)31(38)35-26-14-10-11-21-36(32(26)39)22-23-15-17-25(18-16-23)24-12-8-7-9-13-24;20-18-8-4-5-13-21(19(18)22)14-15-9-11-17(12-10-15)16-6-2-1-3-7-16;1-14(2,3)8-7-9-10-11(20-15(4,5)19-9)12(17-6)13(16)18-10;/h7-9,12-13,15-20,26-30,37H,10-11,14,21-22H2,1-6H3,(H,35,38);1-3,6-7,9-12,18H,4-5,8,13-14,20H2;7-12H,6H2,1-5H3;1H/q;;+1;/b20-19+;;8-7+;/t26-,27+,28-,29+,30+;18-;9-,10+,11-,12-;/m001./s1. The normalized spacial score (nSPS) is 26.3. The van der Waals surface area contributed by atoms with E-state index in [4.69, 9.17) is 38.9 Å². The van der Waals surface area contributed by atoms with Crippen molar-refractivity contribution in [1.82, 2.24) is 15.1 Å². The second-order valence-electron chi connectivity index (χ2n) is 25.5. The maximum absolute atomic E-state index is 13.6. The highest BCUT2D eigenvalue weighted by Crippen LogP contribution is 2.37. The first-order valence-corrected chi connectivity index (χ1v) is 29.6. The fourth-order valence-electron chi connectivity index (χ4n) is 10.8. The monoisotopic (exact) mass is 1190 g/mol. The molecule has 3 amide bonds. The van der Waals surface area contributed by atoms with Crippen LogP contribution in [0.4, 0.5) is 0 Å². The summed E-state index contributed by atoms with van der Waals surface area (Å²) in [6.07, 6.45) is 6.72. The number of halogens is 1. The molecule has 0 aliphatic carbocycles. The van der Waals surface area contributed by atoms with E-state index in [-0.39, 0.29) is 47.2 Å². The molecule has 17 heteroatoms. The van der Waals surface area contributed by atoms with Crippen molar-refractivity contribution in [2.75, 3.05) is 20.2 Å². The Kier molecular flexibility index (Phi) is 24.2. The highest BCUT2D eigenvalue weighted by Gasteiger charge is 2.57. The summed E-state index contributed by atoms with van der Waals surface area (Å²) in [5.74, 6) is -2.85. The van der Waals surface area contributed by atoms with Gasteiger partial charge in [-0.1, -0.05) is 175 Å². The lowest BCUT2D eigenvalue weighted by Gasteiger charge is -2.45. The van der Waals surface area contributed by atoms with Crippen LogP contribution in [0.15, 0.2) is 133 Å². The van der Waals surface area contributed by atoms with Gasteiger partial charge in [0.05, 0.1) is 6.04 Å². The molecule has 85 heavy (non-hydrogen) atoms. The average Bonchev–Trinajstić information content (AvgIpc) is 3.38. The van der Waals surface area contributed by atoms with Crippen molar-refractivity contribution in [3.63, 3.8) is 0 Å². The van der Waals surface area contributed by atoms with Crippen molar-refractivity contribution in [2.24, 2.45) is 16.6 Å². The number of aliphatic hydroxyl groups excluding tert-OH is 1. The van der Waals surface area contributed by atoms with Crippen LogP contribution in [0.2, 0.25) is 0 Å². The molecular formula is C68H92ClN4O12+. The maximum Gasteiger partial charge on any atom is 0.343 e. The first kappa shape index (κ1) is 68.2. The zero-order chi connectivity index (χ0) is 61.0. The number of esters is 1. The van der Waals surface area contributed by atoms with Gasteiger partial charge in [-0.25, -0.2) is 4.79 Å². The molecule has 5 aliphatic rings. The summed E-state index contributed by atoms with van der Waals surface area (Å²) in [7, 11) is 4.73. The van der Waals surface area contributed by atoms with Crippen LogP contribution in [0.1, 0.15) is 119 Å². The molecule has 0 spiro atoms. The van der Waals surface area contributed by atoms with E-state index in [1.165, 1.54) is 18.2 Å². The van der Waals surface area contributed by atoms with Crippen LogP contribution < -0.4 is 11.1 Å². The van der Waals surface area contributed by atoms with Gasteiger partial charge in [0.2, 0.25) is 25.0 Å². The quantitative estimate of drug-likeness (QED) is 0.0650. The van der Waals surface area contributed by atoms with Gasteiger partial charge in [0.1, 0.15) is 36.6 Å². The molecule has 4 N–H and O–H groups in total. The maximum atomic E-state index is 13.6. The lowest BCUT2D eigenvalue weighted by molar-refractivity contribution is -0.334. The summed E-state index contributed by atoms with van der Waals surface area (Å²) < 4.78 is 39.5. The Morgan fingerprint density at radius 1 is 0.671 bits per heavy atom. The number of benzene rings is 4. The number of amides is 3. The molecular weight excluding hydrogens is 1100 g/mol. The number of likely N-dealkylation sites (tertiary alicyclic amines) is 2. The molecule has 0 unspecified atom stereocenters. The van der Waals surface area contributed by atoms with Crippen molar-refractivity contribution in [3.05, 3.63) is 152 Å². The van der Waals surface area contributed by atoms with Crippen LogP contribution in [0.5, 0.6) is 0 Å². The molecule has 9 rings (SSSR count). The molecule has 5 saturated heterocycles. The van der Waals surface area contributed by atoms with Crippen molar-refractivity contribution in [1.29, 1.82) is 0 Å². The molecule has 4 aromatic rings. The Labute approximate surface area is 510 Å². The average molecular weight is 1190 g/mol. The smallest absolute Gasteiger partial charge is 0.343 e. The van der Waals surface area contributed by atoms with Gasteiger partial charge in [-0.2, -0.15) is 4.74 Å². The van der Waals surface area contributed by atoms with Gasteiger partial charge in [0, 0.05) is 33.3 Å². The number of rotatable bonds is 13. The number of carbonyl (C=O) groups is 4.